The smallest absolute Gasteiger partial charge is 0.0886 e. The molecule has 0 unspecified atom stereocenters. The molecule has 0 amide bonds. The predicted octanol–water partition coefficient (Wildman–Crippen LogP) is 3.12. The van der Waals surface area contributed by atoms with E-state index in [4.69, 9.17) is 0 Å². The quantitative estimate of drug-likeness (QED) is 0.442. The van der Waals surface area contributed by atoms with Crippen LogP contribution in [0.1, 0.15) is 0 Å². The minimum absolute atomic E-state index is 0. The first-order valence-electron chi connectivity index (χ1n) is 3.79. The lowest BCUT2D eigenvalue weighted by atomic mass is 10.2. The first-order chi connectivity index (χ1) is 5.97. The molecule has 8 nitrogen and oxygen atoms in total. The van der Waals surface area contributed by atoms with Gasteiger partial charge in [0.05, 0.1) is 11.4 Å². The Morgan fingerprint density at radius 1 is 0.500 bits per heavy atom. The second kappa shape index (κ2) is 15.1. The predicted molar refractivity (Wildman–Crippen MR) is 77.6 cm³/mol. The lowest BCUT2D eigenvalue weighted by Crippen LogP contribution is -1.83. The van der Waals surface area contributed by atoms with E-state index in [1.807, 2.05) is 36.4 Å². The highest BCUT2D eigenvalue weighted by atomic mass is 14.7. The molecule has 0 spiro atoms. The Bertz CT molecular complexity index is 315. The molecule has 0 radical (unpaired) electrons. The Morgan fingerprint density at radius 2 is 0.833 bits per heavy atom. The summed E-state index contributed by atoms with van der Waals surface area (Å²) in [7, 11) is 0. The Labute approximate surface area is 108 Å². The van der Waals surface area contributed by atoms with Crippen molar-refractivity contribution < 1.29 is 0 Å². The molecule has 0 aliphatic heterocycles. The van der Waals surface area contributed by atoms with Crippen molar-refractivity contribution in [3.05, 3.63) is 48.8 Å². The van der Waals surface area contributed by atoms with Gasteiger partial charge in [0.2, 0.25) is 0 Å². The third kappa shape index (κ3) is 7.35. The van der Waals surface area contributed by atoms with Crippen molar-refractivity contribution in [2.75, 3.05) is 0 Å². The lowest BCUT2D eigenvalue weighted by molar-refractivity contribution is 1.25. The Kier molecular flexibility index (Phi) is 24.9. The summed E-state index contributed by atoms with van der Waals surface area (Å²) < 4.78 is 0. The van der Waals surface area contributed by atoms with E-state index in [1.54, 1.807) is 12.4 Å². The molecule has 8 heteroatoms. The van der Waals surface area contributed by atoms with Crippen molar-refractivity contribution in [1.82, 2.24) is 46.9 Å². The van der Waals surface area contributed by atoms with Gasteiger partial charge in [-0.1, -0.05) is 12.1 Å². The van der Waals surface area contributed by atoms with Crippen LogP contribution in [0.15, 0.2) is 48.8 Å². The van der Waals surface area contributed by atoms with Crippen LogP contribution in [0.4, 0.5) is 0 Å². The zero-order chi connectivity index (χ0) is 8.23. The van der Waals surface area contributed by atoms with Gasteiger partial charge in [0.15, 0.2) is 0 Å². The summed E-state index contributed by atoms with van der Waals surface area (Å²) in [6.07, 6.45) is 3.54. The molecular formula is C10H26N8. The van der Waals surface area contributed by atoms with E-state index in [2.05, 4.69) is 9.97 Å². The SMILES string of the molecule is N.N.N.N.N.N.c1ccc(-c2ccccn2)nc1. The summed E-state index contributed by atoms with van der Waals surface area (Å²) in [5, 5.41) is 0. The van der Waals surface area contributed by atoms with Crippen molar-refractivity contribution in [3.8, 4) is 11.4 Å². The number of rotatable bonds is 1. The second-order valence-corrected chi connectivity index (χ2v) is 2.43. The molecule has 2 aromatic heterocycles. The molecule has 0 bridgehead atoms. The van der Waals surface area contributed by atoms with Crippen molar-refractivity contribution in [1.29, 1.82) is 0 Å². The molecule has 0 aromatic carbocycles. The van der Waals surface area contributed by atoms with Crippen molar-refractivity contribution in [2.45, 2.75) is 0 Å². The van der Waals surface area contributed by atoms with Crippen LogP contribution >= 0.6 is 0 Å². The van der Waals surface area contributed by atoms with Gasteiger partial charge >= 0.3 is 0 Å². The number of aromatic nitrogens is 2. The Balaban J connectivity index is -0.0000000939. The van der Waals surface area contributed by atoms with Crippen molar-refractivity contribution in [2.24, 2.45) is 0 Å². The molecule has 18 heavy (non-hydrogen) atoms. The normalized spacial score (nSPS) is 6.44. The van der Waals surface area contributed by atoms with Gasteiger partial charge in [-0.15, -0.1) is 0 Å². The van der Waals surface area contributed by atoms with E-state index < -0.39 is 0 Å². The van der Waals surface area contributed by atoms with Gasteiger partial charge in [-0.05, 0) is 24.3 Å². The number of hydrogen-bond acceptors (Lipinski definition) is 8. The molecule has 0 atom stereocenters. The summed E-state index contributed by atoms with van der Waals surface area (Å²) in [5.41, 5.74) is 1.83. The first-order valence-corrected chi connectivity index (χ1v) is 3.79. The summed E-state index contributed by atoms with van der Waals surface area (Å²) in [4.78, 5) is 8.37. The van der Waals surface area contributed by atoms with E-state index in [-0.39, 0.29) is 36.9 Å². The van der Waals surface area contributed by atoms with E-state index in [0.717, 1.165) is 11.4 Å². The number of pyridine rings is 2. The van der Waals surface area contributed by atoms with Crippen LogP contribution in [0.5, 0.6) is 0 Å². The fourth-order valence-corrected chi connectivity index (χ4v) is 1.03. The van der Waals surface area contributed by atoms with E-state index >= 15 is 0 Å². The first kappa shape index (κ1) is 29.8. The second-order valence-electron chi connectivity index (χ2n) is 2.43. The van der Waals surface area contributed by atoms with Crippen LogP contribution in [0.3, 0.4) is 0 Å². The van der Waals surface area contributed by atoms with Crippen molar-refractivity contribution >= 4 is 0 Å². The summed E-state index contributed by atoms with van der Waals surface area (Å²) >= 11 is 0. The maximum absolute atomic E-state index is 4.19. The number of hydrogen-bond donors (Lipinski definition) is 6. The monoisotopic (exact) mass is 258 g/mol. The van der Waals surface area contributed by atoms with Crippen LogP contribution in [0.2, 0.25) is 0 Å². The molecule has 106 valence electrons. The van der Waals surface area contributed by atoms with Crippen molar-refractivity contribution in [3.63, 3.8) is 0 Å². The summed E-state index contributed by atoms with van der Waals surface area (Å²) in [6.45, 7) is 0. The Hall–Kier alpha value is -1.94. The minimum atomic E-state index is 0. The van der Waals surface area contributed by atoms with Gasteiger partial charge in [-0.2, -0.15) is 0 Å². The van der Waals surface area contributed by atoms with Gasteiger partial charge in [0.1, 0.15) is 0 Å². The topological polar surface area (TPSA) is 236 Å². The Morgan fingerprint density at radius 3 is 1.06 bits per heavy atom. The molecule has 0 aliphatic carbocycles. The van der Waals surface area contributed by atoms with Gasteiger partial charge in [0, 0.05) is 12.4 Å². The van der Waals surface area contributed by atoms with Crippen LogP contribution < -0.4 is 36.9 Å². The highest BCUT2D eigenvalue weighted by Crippen LogP contribution is 2.10. The average molecular weight is 258 g/mol. The van der Waals surface area contributed by atoms with Gasteiger partial charge in [-0.3, -0.25) is 9.97 Å². The number of nitrogens with zero attached hydrogens (tertiary/aromatic N) is 2. The maximum atomic E-state index is 4.19. The largest absolute Gasteiger partial charge is 0.344 e. The zero-order valence-electron chi connectivity index (χ0n) is 10.8. The highest BCUT2D eigenvalue weighted by molar-refractivity contribution is 5.52. The molecule has 0 aliphatic rings. The molecule has 18 N–H and O–H groups in total. The molecule has 2 aromatic rings. The zero-order valence-corrected chi connectivity index (χ0v) is 10.8. The van der Waals surface area contributed by atoms with E-state index in [9.17, 15) is 0 Å². The van der Waals surface area contributed by atoms with E-state index in [1.165, 1.54) is 0 Å². The molecule has 2 rings (SSSR count). The van der Waals surface area contributed by atoms with Crippen LogP contribution in [-0.4, -0.2) is 9.97 Å². The fourth-order valence-electron chi connectivity index (χ4n) is 1.03. The molecule has 2 heterocycles. The highest BCUT2D eigenvalue weighted by Gasteiger charge is 1.95. The third-order valence-corrected chi connectivity index (χ3v) is 1.59. The molecule has 0 fully saturated rings. The van der Waals surface area contributed by atoms with Crippen LogP contribution in [0.25, 0.3) is 11.4 Å². The standard InChI is InChI=1S/C10H8N2.6H3N/c1-3-7-11-9(5-1)10-6-2-4-8-12-10;;;;;;/h1-8H;6*1H3. The van der Waals surface area contributed by atoms with Gasteiger partial charge in [0.25, 0.3) is 0 Å². The lowest BCUT2D eigenvalue weighted by Gasteiger charge is -1.96. The van der Waals surface area contributed by atoms with Crippen LogP contribution in [-0.2, 0) is 0 Å². The fraction of sp³-hybridized carbons (Fsp3) is 0. The van der Waals surface area contributed by atoms with Gasteiger partial charge in [-0.25, -0.2) is 0 Å². The molecular weight excluding hydrogens is 232 g/mol. The maximum Gasteiger partial charge on any atom is 0.0886 e. The van der Waals surface area contributed by atoms with Gasteiger partial charge < -0.3 is 36.9 Å². The molecule has 0 saturated carbocycles. The minimum Gasteiger partial charge on any atom is -0.344 e. The third-order valence-electron chi connectivity index (χ3n) is 1.59. The summed E-state index contributed by atoms with van der Waals surface area (Å²) in [6, 6.07) is 11.6. The van der Waals surface area contributed by atoms with E-state index in [0.29, 0.717) is 0 Å². The summed E-state index contributed by atoms with van der Waals surface area (Å²) in [5.74, 6) is 0. The van der Waals surface area contributed by atoms with Crippen LogP contribution in [0, 0.1) is 0 Å². The molecule has 0 saturated heterocycles. The average Bonchev–Trinajstić information content (AvgIpc) is 2.21.